The number of aromatic amines is 1. The van der Waals surface area contributed by atoms with Gasteiger partial charge in [0.25, 0.3) is 0 Å². The Kier molecular flexibility index (Phi) is 3.85. The Morgan fingerprint density at radius 2 is 1.95 bits per heavy atom. The van der Waals surface area contributed by atoms with Gasteiger partial charge in [0.1, 0.15) is 0 Å². The second kappa shape index (κ2) is 5.25. The van der Waals surface area contributed by atoms with Crippen LogP contribution < -0.4 is 10.6 Å². The standard InChI is InChI=1S/C16H25N3/c1-12-15(13-8-5-6-9-14(13)18-12)19(4)11-7-10-16(2,3)17/h5-6,8-9,18H,7,10-11,17H2,1-4H3. The van der Waals surface area contributed by atoms with E-state index in [1.165, 1.54) is 22.3 Å². The van der Waals surface area contributed by atoms with Gasteiger partial charge < -0.3 is 15.6 Å². The predicted octanol–water partition coefficient (Wildman–Crippen LogP) is 3.43. The molecule has 3 N–H and O–H groups in total. The fourth-order valence-electron chi connectivity index (χ4n) is 2.64. The molecule has 0 fully saturated rings. The normalized spacial score (nSPS) is 12.1. The maximum atomic E-state index is 6.04. The number of nitrogens with two attached hydrogens (primary N) is 1. The van der Waals surface area contributed by atoms with E-state index in [9.17, 15) is 0 Å². The van der Waals surface area contributed by atoms with Crippen LogP contribution in [0.25, 0.3) is 10.9 Å². The number of anilines is 1. The molecule has 0 radical (unpaired) electrons. The van der Waals surface area contributed by atoms with E-state index in [-0.39, 0.29) is 5.54 Å². The van der Waals surface area contributed by atoms with E-state index in [1.54, 1.807) is 0 Å². The van der Waals surface area contributed by atoms with Gasteiger partial charge in [-0.3, -0.25) is 0 Å². The van der Waals surface area contributed by atoms with Gasteiger partial charge in [-0.1, -0.05) is 18.2 Å². The van der Waals surface area contributed by atoms with Gasteiger partial charge in [0.15, 0.2) is 0 Å². The molecule has 3 heteroatoms. The summed E-state index contributed by atoms with van der Waals surface area (Å²) in [5.41, 5.74) is 9.71. The van der Waals surface area contributed by atoms with E-state index in [1.807, 2.05) is 0 Å². The highest BCUT2D eigenvalue weighted by atomic mass is 15.1. The van der Waals surface area contributed by atoms with Crippen LogP contribution in [0.5, 0.6) is 0 Å². The van der Waals surface area contributed by atoms with Gasteiger partial charge in [-0.2, -0.15) is 0 Å². The number of benzene rings is 1. The van der Waals surface area contributed by atoms with Crippen molar-refractivity contribution in [1.82, 2.24) is 4.98 Å². The summed E-state index contributed by atoms with van der Waals surface area (Å²) in [6, 6.07) is 8.47. The molecule has 19 heavy (non-hydrogen) atoms. The minimum atomic E-state index is -0.0733. The first-order chi connectivity index (χ1) is 8.88. The first-order valence-electron chi connectivity index (χ1n) is 6.96. The number of aromatic nitrogens is 1. The van der Waals surface area contributed by atoms with Crippen LogP contribution in [0.3, 0.4) is 0 Å². The summed E-state index contributed by atoms with van der Waals surface area (Å²) in [5.74, 6) is 0. The van der Waals surface area contributed by atoms with Gasteiger partial charge in [0.2, 0.25) is 0 Å². The number of fused-ring (bicyclic) bond motifs is 1. The van der Waals surface area contributed by atoms with Gasteiger partial charge in [-0.05, 0) is 39.7 Å². The lowest BCUT2D eigenvalue weighted by Gasteiger charge is -2.23. The zero-order valence-corrected chi connectivity index (χ0v) is 12.5. The van der Waals surface area contributed by atoms with Crippen LogP contribution in [-0.2, 0) is 0 Å². The third kappa shape index (κ3) is 3.29. The van der Waals surface area contributed by atoms with Crippen LogP contribution in [0.1, 0.15) is 32.4 Å². The summed E-state index contributed by atoms with van der Waals surface area (Å²) in [6.07, 6.45) is 2.15. The SMILES string of the molecule is Cc1[nH]c2ccccc2c1N(C)CCCC(C)(C)N. The molecule has 2 aromatic rings. The zero-order valence-electron chi connectivity index (χ0n) is 12.5. The van der Waals surface area contributed by atoms with Crippen molar-refractivity contribution in [3.63, 3.8) is 0 Å². The van der Waals surface area contributed by atoms with Crippen molar-refractivity contribution in [3.8, 4) is 0 Å². The van der Waals surface area contributed by atoms with E-state index < -0.39 is 0 Å². The summed E-state index contributed by atoms with van der Waals surface area (Å²) in [5, 5.41) is 1.30. The summed E-state index contributed by atoms with van der Waals surface area (Å²) in [7, 11) is 2.16. The van der Waals surface area contributed by atoms with E-state index in [2.05, 4.69) is 62.0 Å². The molecule has 0 bridgehead atoms. The molecule has 0 saturated heterocycles. The van der Waals surface area contributed by atoms with Gasteiger partial charge in [-0.15, -0.1) is 0 Å². The van der Waals surface area contributed by atoms with Crippen LogP contribution in [0, 0.1) is 6.92 Å². The average molecular weight is 259 g/mol. The number of aryl methyl sites for hydroxylation is 1. The molecule has 1 heterocycles. The van der Waals surface area contributed by atoms with Crippen LogP contribution in [-0.4, -0.2) is 24.1 Å². The molecule has 104 valence electrons. The number of rotatable bonds is 5. The zero-order chi connectivity index (χ0) is 14.0. The summed E-state index contributed by atoms with van der Waals surface area (Å²) < 4.78 is 0. The minimum Gasteiger partial charge on any atom is -0.373 e. The van der Waals surface area contributed by atoms with Gasteiger partial charge in [-0.25, -0.2) is 0 Å². The number of H-pyrrole nitrogens is 1. The van der Waals surface area contributed by atoms with Crippen molar-refractivity contribution < 1.29 is 0 Å². The van der Waals surface area contributed by atoms with Crippen LogP contribution in [0.15, 0.2) is 24.3 Å². The highest BCUT2D eigenvalue weighted by molar-refractivity contribution is 5.94. The first kappa shape index (κ1) is 13.9. The fraction of sp³-hybridized carbons (Fsp3) is 0.500. The Balaban J connectivity index is 2.13. The Hall–Kier alpha value is -1.48. The van der Waals surface area contributed by atoms with E-state index >= 15 is 0 Å². The van der Waals surface area contributed by atoms with Crippen molar-refractivity contribution in [2.75, 3.05) is 18.5 Å². The predicted molar refractivity (Wildman–Crippen MR) is 83.8 cm³/mol. The topological polar surface area (TPSA) is 45.0 Å². The molecule has 0 atom stereocenters. The molecule has 1 aromatic heterocycles. The third-order valence-electron chi connectivity index (χ3n) is 3.56. The Morgan fingerprint density at radius 3 is 2.63 bits per heavy atom. The average Bonchev–Trinajstić information content (AvgIpc) is 2.63. The number of nitrogens with one attached hydrogen (secondary N) is 1. The lowest BCUT2D eigenvalue weighted by Crippen LogP contribution is -2.33. The molecule has 0 aliphatic carbocycles. The van der Waals surface area contributed by atoms with Crippen molar-refractivity contribution in [1.29, 1.82) is 0 Å². The van der Waals surface area contributed by atoms with E-state index in [0.717, 1.165) is 19.4 Å². The molecule has 1 aromatic carbocycles. The van der Waals surface area contributed by atoms with Gasteiger partial charge >= 0.3 is 0 Å². The molecule has 0 unspecified atom stereocenters. The molecule has 0 aliphatic heterocycles. The second-order valence-corrected chi connectivity index (χ2v) is 6.16. The molecule has 0 aliphatic rings. The van der Waals surface area contributed by atoms with Gasteiger partial charge in [0, 0.05) is 35.7 Å². The highest BCUT2D eigenvalue weighted by Crippen LogP contribution is 2.30. The largest absolute Gasteiger partial charge is 0.373 e. The molecule has 2 rings (SSSR count). The number of nitrogens with zero attached hydrogens (tertiary/aromatic N) is 1. The lowest BCUT2D eigenvalue weighted by atomic mass is 10.00. The molecule has 0 amide bonds. The summed E-state index contributed by atoms with van der Waals surface area (Å²) >= 11 is 0. The molecule has 0 spiro atoms. The quantitative estimate of drug-likeness (QED) is 0.864. The number of para-hydroxylation sites is 1. The van der Waals surface area contributed by atoms with E-state index in [4.69, 9.17) is 5.73 Å². The summed E-state index contributed by atoms with van der Waals surface area (Å²) in [6.45, 7) is 7.34. The van der Waals surface area contributed by atoms with Crippen molar-refractivity contribution in [2.45, 2.75) is 39.2 Å². The maximum absolute atomic E-state index is 6.04. The second-order valence-electron chi connectivity index (χ2n) is 6.16. The lowest BCUT2D eigenvalue weighted by molar-refractivity contribution is 0.460. The van der Waals surface area contributed by atoms with Crippen LogP contribution >= 0.6 is 0 Å². The first-order valence-corrected chi connectivity index (χ1v) is 6.96. The minimum absolute atomic E-state index is 0.0733. The van der Waals surface area contributed by atoms with Crippen LogP contribution in [0.4, 0.5) is 5.69 Å². The molecule has 3 nitrogen and oxygen atoms in total. The highest BCUT2D eigenvalue weighted by Gasteiger charge is 2.14. The van der Waals surface area contributed by atoms with Gasteiger partial charge in [0.05, 0.1) is 5.69 Å². The van der Waals surface area contributed by atoms with Crippen LogP contribution in [0.2, 0.25) is 0 Å². The third-order valence-corrected chi connectivity index (χ3v) is 3.56. The maximum Gasteiger partial charge on any atom is 0.0651 e. The monoisotopic (exact) mass is 259 g/mol. The smallest absolute Gasteiger partial charge is 0.0651 e. The fourth-order valence-corrected chi connectivity index (χ4v) is 2.64. The van der Waals surface area contributed by atoms with Crippen molar-refractivity contribution >= 4 is 16.6 Å². The molecular weight excluding hydrogens is 234 g/mol. The Morgan fingerprint density at radius 1 is 1.26 bits per heavy atom. The number of hydrogen-bond donors (Lipinski definition) is 2. The van der Waals surface area contributed by atoms with E-state index in [0.29, 0.717) is 0 Å². The summed E-state index contributed by atoms with van der Waals surface area (Å²) in [4.78, 5) is 5.78. The Bertz CT molecular complexity index is 549. The molecular formula is C16H25N3. The Labute approximate surface area is 115 Å². The number of hydrogen-bond acceptors (Lipinski definition) is 2. The van der Waals surface area contributed by atoms with Crippen molar-refractivity contribution in [3.05, 3.63) is 30.0 Å². The molecule has 0 saturated carbocycles. The van der Waals surface area contributed by atoms with Crippen molar-refractivity contribution in [2.24, 2.45) is 5.73 Å².